The molecule has 1 fully saturated rings. The average molecular weight is 346 g/mol. The second-order valence-corrected chi connectivity index (χ2v) is 6.25. The minimum atomic E-state index is -0.224. The lowest BCUT2D eigenvalue weighted by Crippen LogP contribution is -2.26. The van der Waals surface area contributed by atoms with Crippen molar-refractivity contribution >= 4 is 23.2 Å². The monoisotopic (exact) mass is 345 g/mol. The first-order chi connectivity index (χ1) is 11.6. The first kappa shape index (κ1) is 16.8. The zero-order valence-corrected chi connectivity index (χ0v) is 14.3. The quantitative estimate of drug-likeness (QED) is 0.890. The Morgan fingerprint density at radius 1 is 1.21 bits per heavy atom. The van der Waals surface area contributed by atoms with Crippen LogP contribution in [0.1, 0.15) is 28.8 Å². The van der Waals surface area contributed by atoms with Crippen LogP contribution >= 0.6 is 11.6 Å². The van der Waals surface area contributed by atoms with Crippen molar-refractivity contribution in [3.8, 4) is 5.75 Å². The van der Waals surface area contributed by atoms with Crippen molar-refractivity contribution in [1.29, 1.82) is 0 Å². The number of halogens is 1. The van der Waals surface area contributed by atoms with Gasteiger partial charge in [-0.2, -0.15) is 0 Å². The molecule has 1 aliphatic heterocycles. The number of benzene rings is 2. The topological polar surface area (TPSA) is 47.6 Å². The number of anilines is 1. The van der Waals surface area contributed by atoms with Gasteiger partial charge in [-0.05, 0) is 42.8 Å². The molecule has 1 saturated heterocycles. The summed E-state index contributed by atoms with van der Waals surface area (Å²) in [5, 5.41) is 3.31. The zero-order chi connectivity index (χ0) is 16.9. The molecule has 0 bridgehead atoms. The number of hydrogen-bond acceptors (Lipinski definition) is 3. The highest BCUT2D eigenvalue weighted by Crippen LogP contribution is 2.26. The molecule has 24 heavy (non-hydrogen) atoms. The molecule has 126 valence electrons. The Balaban J connectivity index is 1.68. The SMILES string of the molecule is Cc1cc(NC(=O)c2ccccc2Cl)ccc1OC1CCOCC1. The van der Waals surface area contributed by atoms with Crippen LogP contribution < -0.4 is 10.1 Å². The molecular formula is C19H20ClNO3. The van der Waals surface area contributed by atoms with Crippen LogP contribution in [0, 0.1) is 6.92 Å². The summed E-state index contributed by atoms with van der Waals surface area (Å²) >= 11 is 6.06. The summed E-state index contributed by atoms with van der Waals surface area (Å²) in [7, 11) is 0. The smallest absolute Gasteiger partial charge is 0.257 e. The van der Waals surface area contributed by atoms with Crippen molar-refractivity contribution in [3.05, 3.63) is 58.6 Å². The molecule has 0 aromatic heterocycles. The maximum atomic E-state index is 12.3. The summed E-state index contributed by atoms with van der Waals surface area (Å²) in [6.07, 6.45) is 2.01. The number of rotatable bonds is 4. The van der Waals surface area contributed by atoms with Gasteiger partial charge < -0.3 is 14.8 Å². The minimum Gasteiger partial charge on any atom is -0.490 e. The predicted molar refractivity (Wildman–Crippen MR) is 95.1 cm³/mol. The highest BCUT2D eigenvalue weighted by atomic mass is 35.5. The van der Waals surface area contributed by atoms with Gasteiger partial charge in [0.15, 0.2) is 0 Å². The Morgan fingerprint density at radius 2 is 1.96 bits per heavy atom. The highest BCUT2D eigenvalue weighted by Gasteiger charge is 2.16. The van der Waals surface area contributed by atoms with Crippen LogP contribution in [-0.4, -0.2) is 25.2 Å². The Bertz CT molecular complexity index is 726. The average Bonchev–Trinajstić information content (AvgIpc) is 2.58. The van der Waals surface area contributed by atoms with Crippen molar-refractivity contribution in [2.45, 2.75) is 25.9 Å². The van der Waals surface area contributed by atoms with Crippen molar-refractivity contribution in [2.75, 3.05) is 18.5 Å². The molecule has 1 heterocycles. The number of hydrogen-bond donors (Lipinski definition) is 1. The lowest BCUT2D eigenvalue weighted by Gasteiger charge is -2.24. The van der Waals surface area contributed by atoms with Crippen LogP contribution in [0.3, 0.4) is 0 Å². The molecule has 1 amide bonds. The van der Waals surface area contributed by atoms with E-state index in [2.05, 4.69) is 5.32 Å². The van der Waals surface area contributed by atoms with E-state index in [1.54, 1.807) is 24.3 Å². The number of carbonyl (C=O) groups excluding carboxylic acids is 1. The standard InChI is InChI=1S/C19H20ClNO3/c1-13-12-14(21-19(22)16-4-2-3-5-17(16)20)6-7-18(13)24-15-8-10-23-11-9-15/h2-7,12,15H,8-11H2,1H3,(H,21,22). The van der Waals surface area contributed by atoms with Crippen molar-refractivity contribution < 1.29 is 14.3 Å². The predicted octanol–water partition coefficient (Wildman–Crippen LogP) is 4.46. The second kappa shape index (κ2) is 7.69. The van der Waals surface area contributed by atoms with E-state index in [1.807, 2.05) is 25.1 Å². The van der Waals surface area contributed by atoms with Gasteiger partial charge >= 0.3 is 0 Å². The third kappa shape index (κ3) is 4.08. The molecule has 2 aromatic rings. The number of amides is 1. The van der Waals surface area contributed by atoms with E-state index < -0.39 is 0 Å². The number of aryl methyl sites for hydroxylation is 1. The summed E-state index contributed by atoms with van der Waals surface area (Å²) in [5.41, 5.74) is 2.16. The molecule has 0 aliphatic carbocycles. The third-order valence-electron chi connectivity index (χ3n) is 4.01. The van der Waals surface area contributed by atoms with Crippen LogP contribution in [0.5, 0.6) is 5.75 Å². The van der Waals surface area contributed by atoms with Crippen LogP contribution in [0.15, 0.2) is 42.5 Å². The Hall–Kier alpha value is -2.04. The van der Waals surface area contributed by atoms with Gasteiger partial charge in [0.2, 0.25) is 0 Å². The lowest BCUT2D eigenvalue weighted by molar-refractivity contribution is 0.0253. The second-order valence-electron chi connectivity index (χ2n) is 5.84. The molecule has 0 unspecified atom stereocenters. The Labute approximate surface area is 146 Å². The van der Waals surface area contributed by atoms with Crippen LogP contribution in [-0.2, 0) is 4.74 Å². The van der Waals surface area contributed by atoms with E-state index in [0.717, 1.165) is 43.1 Å². The van der Waals surface area contributed by atoms with E-state index in [9.17, 15) is 4.79 Å². The summed E-state index contributed by atoms with van der Waals surface area (Å²) in [6.45, 7) is 3.46. The van der Waals surface area contributed by atoms with Crippen LogP contribution in [0.25, 0.3) is 0 Å². The molecule has 1 aliphatic rings. The molecule has 0 saturated carbocycles. The molecule has 0 radical (unpaired) electrons. The van der Waals surface area contributed by atoms with Crippen molar-refractivity contribution in [1.82, 2.24) is 0 Å². The fourth-order valence-corrected chi connectivity index (χ4v) is 2.90. The maximum absolute atomic E-state index is 12.3. The Morgan fingerprint density at radius 3 is 2.67 bits per heavy atom. The summed E-state index contributed by atoms with van der Waals surface area (Å²) in [5.74, 6) is 0.621. The van der Waals surface area contributed by atoms with E-state index in [-0.39, 0.29) is 12.0 Å². The number of carbonyl (C=O) groups is 1. The molecule has 1 N–H and O–H groups in total. The highest BCUT2D eigenvalue weighted by molar-refractivity contribution is 6.34. The van der Waals surface area contributed by atoms with Gasteiger partial charge in [0, 0.05) is 18.5 Å². The summed E-state index contributed by atoms with van der Waals surface area (Å²) < 4.78 is 11.4. The van der Waals surface area contributed by atoms with Crippen LogP contribution in [0.4, 0.5) is 5.69 Å². The fraction of sp³-hybridized carbons (Fsp3) is 0.316. The number of ether oxygens (including phenoxy) is 2. The van der Waals surface area contributed by atoms with E-state index in [1.165, 1.54) is 0 Å². The first-order valence-corrected chi connectivity index (χ1v) is 8.42. The largest absolute Gasteiger partial charge is 0.490 e. The maximum Gasteiger partial charge on any atom is 0.257 e. The lowest BCUT2D eigenvalue weighted by atomic mass is 10.1. The molecule has 5 heteroatoms. The van der Waals surface area contributed by atoms with Crippen molar-refractivity contribution in [3.63, 3.8) is 0 Å². The Kier molecular flexibility index (Phi) is 5.38. The van der Waals surface area contributed by atoms with Gasteiger partial charge in [-0.25, -0.2) is 0 Å². The molecule has 2 aromatic carbocycles. The van der Waals surface area contributed by atoms with E-state index >= 15 is 0 Å². The fourth-order valence-electron chi connectivity index (χ4n) is 2.68. The van der Waals surface area contributed by atoms with Gasteiger partial charge in [-0.3, -0.25) is 4.79 Å². The van der Waals surface area contributed by atoms with Gasteiger partial charge in [-0.1, -0.05) is 23.7 Å². The summed E-state index contributed by atoms with van der Waals surface area (Å²) in [6, 6.07) is 12.6. The normalized spacial score (nSPS) is 15.1. The van der Waals surface area contributed by atoms with Gasteiger partial charge in [0.25, 0.3) is 5.91 Å². The first-order valence-electron chi connectivity index (χ1n) is 8.04. The molecule has 4 nitrogen and oxygen atoms in total. The van der Waals surface area contributed by atoms with Gasteiger partial charge in [-0.15, -0.1) is 0 Å². The van der Waals surface area contributed by atoms with Gasteiger partial charge in [0.1, 0.15) is 11.9 Å². The van der Waals surface area contributed by atoms with Crippen LogP contribution in [0.2, 0.25) is 5.02 Å². The minimum absolute atomic E-state index is 0.195. The summed E-state index contributed by atoms with van der Waals surface area (Å²) in [4.78, 5) is 12.3. The third-order valence-corrected chi connectivity index (χ3v) is 4.34. The molecular weight excluding hydrogens is 326 g/mol. The molecule has 0 spiro atoms. The molecule has 3 rings (SSSR count). The van der Waals surface area contributed by atoms with Gasteiger partial charge in [0.05, 0.1) is 23.8 Å². The zero-order valence-electron chi connectivity index (χ0n) is 13.5. The molecule has 0 atom stereocenters. The number of nitrogens with one attached hydrogen (secondary N) is 1. The van der Waals surface area contributed by atoms with E-state index in [4.69, 9.17) is 21.1 Å². The van der Waals surface area contributed by atoms with Crippen molar-refractivity contribution in [2.24, 2.45) is 0 Å². The van der Waals surface area contributed by atoms with E-state index in [0.29, 0.717) is 10.6 Å².